The topological polar surface area (TPSA) is 129 Å². The number of aromatic nitrogens is 10. The lowest BCUT2D eigenvalue weighted by molar-refractivity contribution is 1.07. The van der Waals surface area contributed by atoms with Crippen LogP contribution in [0.5, 0.6) is 0 Å². The van der Waals surface area contributed by atoms with Gasteiger partial charge in [0.25, 0.3) is 0 Å². The number of para-hydroxylation sites is 1. The third-order valence-corrected chi connectivity index (χ3v) is 28.9. The molecule has 0 saturated carbocycles. The van der Waals surface area contributed by atoms with E-state index >= 15 is 0 Å². The van der Waals surface area contributed by atoms with Gasteiger partial charge in [0.1, 0.15) is 5.69 Å². The molecule has 10 nitrogen and oxygen atoms in total. The van der Waals surface area contributed by atoms with Gasteiger partial charge in [-0.25, -0.2) is 49.8 Å². The lowest BCUT2D eigenvalue weighted by atomic mass is 9.93. The number of benzene rings is 19. The van der Waals surface area contributed by atoms with Crippen molar-refractivity contribution in [2.45, 2.75) is 0 Å². The largest absolute Gasteiger partial charge is 0.246 e. The summed E-state index contributed by atoms with van der Waals surface area (Å²) in [5.74, 6) is 2.95. The van der Waals surface area contributed by atoms with Crippen LogP contribution in [0.25, 0.3) is 271 Å². The second kappa shape index (κ2) is 32.1. The van der Waals surface area contributed by atoms with Crippen LogP contribution in [-0.4, -0.2) is 49.8 Å². The van der Waals surface area contributed by atoms with E-state index < -0.39 is 18.1 Å². The molecule has 0 spiro atoms. The molecule has 28 rings (SSSR count). The first-order valence-electron chi connectivity index (χ1n) is 46.5. The molecule has 618 valence electrons. The lowest BCUT2D eigenvalue weighted by Gasteiger charge is -2.16. The molecule has 0 bridgehead atoms. The molecule has 0 aliphatic carbocycles. The Bertz CT molecular complexity index is 9860. The number of fused-ring (bicyclic) bond motifs is 31. The highest BCUT2D eigenvalue weighted by Gasteiger charge is 2.27. The molecule has 0 aliphatic heterocycles. The SMILES string of the molecule is [2H]c1c([2H])c([2H])c(-c2nc(-c3nc4c5sc6ccccc6c5c5ccccc5c4c4ccccc34)nc3ccccc23)c([2H])c1[2H].c1ccc(-c2nc(-c3ccccc3)nc(-c3ccc(-c4nc5c6sc7ccccc7c6c6ccccc6c5c5ccccc45)cc3)n2)cc1.c1ccc(-c2ncc(-c3nc4c5sc6ccccc6c5c5ccccc5c4c4ccccc34)c(-c3ccccc3)n2)cc1. The van der Waals surface area contributed by atoms with E-state index in [1.165, 1.54) is 98.9 Å². The van der Waals surface area contributed by atoms with Crippen molar-refractivity contribution in [1.82, 2.24) is 49.8 Å². The zero-order valence-corrected chi connectivity index (χ0v) is 73.2. The van der Waals surface area contributed by atoms with E-state index in [0.29, 0.717) is 45.7 Å². The first kappa shape index (κ1) is 72.0. The molecule has 0 saturated heterocycles. The number of thiophene rings is 3. The van der Waals surface area contributed by atoms with Crippen molar-refractivity contribution in [3.05, 3.63) is 425 Å². The van der Waals surface area contributed by atoms with E-state index in [1.54, 1.807) is 11.3 Å². The highest BCUT2D eigenvalue weighted by molar-refractivity contribution is 7.28. The Morgan fingerprint density at radius 2 is 0.466 bits per heavy atom. The zero-order valence-electron chi connectivity index (χ0n) is 75.7. The van der Waals surface area contributed by atoms with Gasteiger partial charge in [0.2, 0.25) is 0 Å². The molecule has 28 aromatic rings. The molecule has 13 heteroatoms. The van der Waals surface area contributed by atoms with Crippen LogP contribution in [0.3, 0.4) is 0 Å². The van der Waals surface area contributed by atoms with E-state index in [9.17, 15) is 0 Å². The third-order valence-electron chi connectivity index (χ3n) is 25.4. The van der Waals surface area contributed by atoms with Crippen molar-refractivity contribution in [2.24, 2.45) is 0 Å². The predicted octanol–water partition coefficient (Wildman–Crippen LogP) is 32.6. The van der Waals surface area contributed by atoms with Crippen LogP contribution in [0.2, 0.25) is 0 Å². The summed E-state index contributed by atoms with van der Waals surface area (Å²) in [4.78, 5) is 51.2. The number of hydrogen-bond donors (Lipinski definition) is 0. The van der Waals surface area contributed by atoms with E-state index in [1.807, 2.05) is 156 Å². The second-order valence-corrected chi connectivity index (χ2v) is 36.1. The van der Waals surface area contributed by atoms with E-state index in [2.05, 4.69) is 261 Å². The second-order valence-electron chi connectivity index (χ2n) is 32.9. The molecule has 0 radical (unpaired) electrons. The smallest absolute Gasteiger partial charge is 0.179 e. The Balaban J connectivity index is 0.000000107. The van der Waals surface area contributed by atoms with Crippen molar-refractivity contribution in [2.75, 3.05) is 0 Å². The van der Waals surface area contributed by atoms with Gasteiger partial charge in [-0.3, -0.25) is 0 Å². The Labute approximate surface area is 780 Å². The molecule has 0 N–H and O–H groups in total. The summed E-state index contributed by atoms with van der Waals surface area (Å²) in [5, 5.41) is 25.3. The Hall–Kier alpha value is -16.9. The van der Waals surface area contributed by atoms with E-state index in [-0.39, 0.29) is 23.3 Å². The normalized spacial score (nSPS) is 12.3. The predicted molar refractivity (Wildman–Crippen MR) is 560 cm³/mol. The molecular formula is C120H70N10S3. The average molecular weight is 1750 g/mol. The van der Waals surface area contributed by atoms with Crippen LogP contribution in [0.1, 0.15) is 6.85 Å². The monoisotopic (exact) mass is 1750 g/mol. The molecular weight excluding hydrogens is 1680 g/mol. The highest BCUT2D eigenvalue weighted by Crippen LogP contribution is 2.52. The van der Waals surface area contributed by atoms with Crippen LogP contribution < -0.4 is 0 Å². The van der Waals surface area contributed by atoms with Gasteiger partial charge in [0.15, 0.2) is 29.1 Å². The average Bonchev–Trinajstić information content (AvgIpc) is 1.46. The maximum absolute atomic E-state index is 8.74. The van der Waals surface area contributed by atoms with Crippen LogP contribution in [0.4, 0.5) is 0 Å². The van der Waals surface area contributed by atoms with Crippen LogP contribution in [-0.2, 0) is 0 Å². The number of nitrogens with zero attached hydrogens (tertiary/aromatic N) is 10. The van der Waals surface area contributed by atoms with Crippen LogP contribution in [0.15, 0.2) is 425 Å². The molecule has 0 atom stereocenters. The van der Waals surface area contributed by atoms with Crippen LogP contribution >= 0.6 is 34.0 Å². The maximum Gasteiger partial charge on any atom is 0.179 e. The number of hydrogen-bond acceptors (Lipinski definition) is 13. The first-order chi connectivity index (χ1) is 68.1. The molecule has 9 heterocycles. The summed E-state index contributed by atoms with van der Waals surface area (Å²) in [6.45, 7) is 0. The van der Waals surface area contributed by atoms with Gasteiger partial charge in [0.05, 0.1) is 65.8 Å². The molecule has 0 aliphatic rings. The lowest BCUT2D eigenvalue weighted by Crippen LogP contribution is -2.00. The van der Waals surface area contributed by atoms with Crippen LogP contribution in [0, 0.1) is 0 Å². The fourth-order valence-corrected chi connectivity index (χ4v) is 23.1. The minimum atomic E-state index is -0.445. The summed E-state index contributed by atoms with van der Waals surface area (Å²) in [6.07, 6.45) is 1.96. The summed E-state index contributed by atoms with van der Waals surface area (Å²) in [7, 11) is 0. The van der Waals surface area contributed by atoms with Gasteiger partial charge < -0.3 is 0 Å². The first-order valence-corrected chi connectivity index (χ1v) is 46.5. The van der Waals surface area contributed by atoms with Gasteiger partial charge in [0, 0.05) is 135 Å². The summed E-state index contributed by atoms with van der Waals surface area (Å²) in [5.41, 5.74) is 13.9. The Morgan fingerprint density at radius 1 is 0.180 bits per heavy atom. The van der Waals surface area contributed by atoms with Crippen molar-refractivity contribution in [3.63, 3.8) is 0 Å². The fraction of sp³-hybridized carbons (Fsp3) is 0. The van der Waals surface area contributed by atoms with Gasteiger partial charge in [-0.05, 0) is 72.7 Å². The molecule has 19 aromatic carbocycles. The van der Waals surface area contributed by atoms with Gasteiger partial charge in [-0.1, -0.05) is 394 Å². The molecule has 0 fully saturated rings. The minimum Gasteiger partial charge on any atom is -0.246 e. The summed E-state index contributed by atoms with van der Waals surface area (Å²) in [6, 6.07) is 132. The summed E-state index contributed by atoms with van der Waals surface area (Å²) < 4.78 is 49.5. The zero-order chi connectivity index (χ0) is 91.9. The van der Waals surface area contributed by atoms with Crippen molar-refractivity contribution < 1.29 is 6.85 Å². The number of pyridine rings is 3. The highest BCUT2D eigenvalue weighted by atomic mass is 32.1. The molecule has 0 unspecified atom stereocenters. The molecule has 0 amide bonds. The number of rotatable bonds is 9. The van der Waals surface area contributed by atoms with Gasteiger partial charge >= 0.3 is 0 Å². The van der Waals surface area contributed by atoms with E-state index in [4.69, 9.17) is 56.7 Å². The molecule has 9 aromatic heterocycles. The van der Waals surface area contributed by atoms with Crippen molar-refractivity contribution >= 4 is 203 Å². The van der Waals surface area contributed by atoms with Gasteiger partial charge in [-0.15, -0.1) is 34.0 Å². The van der Waals surface area contributed by atoms with Crippen molar-refractivity contribution in [1.29, 1.82) is 0 Å². The Morgan fingerprint density at radius 3 is 0.895 bits per heavy atom. The maximum atomic E-state index is 8.74. The van der Waals surface area contributed by atoms with E-state index in [0.717, 1.165) is 115 Å². The Kier molecular flexibility index (Phi) is 17.4. The standard InChI is InChI=1S/C44H26N4S.C39H23N3S.C37H21N3S/c1-3-13-28(14-4-1)42-46-43(29-15-5-2-6-16-29)48-44(47-42)30-25-23-27(24-26-30)39-34-20-10-9-19-33(34)37-31-17-7-8-18-32(31)38-35-21-11-12-22-36(35)49-41(38)40(37)45-39;1-3-13-24(14-4-1)35-31(23-40-39(42-35)25-15-5-2-6-16-25)36-29-20-10-9-19-28(29)33-26-17-7-8-18-27(26)34-30-21-11-12-22-32(30)43-38(34)37(33)41-36;1-2-12-22(13-3-1)33-27-18-8-10-20-29(27)38-37(40-33)34-26-17-7-6-16-25(26)31-23-14-4-5-15-24(23)32-28-19-9-11-21-30(28)41-36(32)35(31)39-34/h1-26H;1-23H;1-21H/i;;1D,2D,3D,12D,13D. The quantitative estimate of drug-likeness (QED) is 0.129. The summed E-state index contributed by atoms with van der Waals surface area (Å²) >= 11 is 5.37. The fourth-order valence-electron chi connectivity index (χ4n) is 19.4. The van der Waals surface area contributed by atoms with Gasteiger partial charge in [-0.2, -0.15) is 0 Å². The third kappa shape index (κ3) is 13.0. The minimum absolute atomic E-state index is 0.0360. The van der Waals surface area contributed by atoms with Crippen molar-refractivity contribution in [3.8, 4) is 102 Å². The molecule has 133 heavy (non-hydrogen) atoms.